The number of carbonyl (C=O) groups is 8. The standard InChI is InChI=1S/C56H78N8O10.2ClH/c1-33(37-18-13-11-14-19-37)59-51(71)43-24-35(29-63(43)53(73)47(55(3,4)5)61-49(69)41(31-65)57-9)26-45(67)39-22-17-23-40(28-39)46(68)27-36-25-44(52(72)60-34(2)38-20-15-12-16-21-38)64(30-36)54(74)48(56(6,7)8)62-50(70)42(32-66)58-10;;/h11-23,28,33-36,41-44,47-48,57-58,65-66H,24-27,29-32H2,1-10H3,(H,59,71)(H,60,72)(H,61,69)(H,62,70);2*1H/t33-,34-,35-,36-,41+,42+,43+,44+,47-,48-;;/m1../s1. The van der Waals surface area contributed by atoms with E-state index in [2.05, 4.69) is 31.9 Å². The number of likely N-dealkylation sites (N-methyl/N-ethyl adjacent to an activating group) is 2. The van der Waals surface area contributed by atoms with Gasteiger partial charge in [-0.3, -0.25) is 38.4 Å². The van der Waals surface area contributed by atoms with E-state index < -0.39 is 120 Å². The Labute approximate surface area is 459 Å². The van der Waals surface area contributed by atoms with Gasteiger partial charge in [0.1, 0.15) is 36.3 Å². The molecule has 10 atom stereocenters. The van der Waals surface area contributed by atoms with Crippen molar-refractivity contribution in [3.63, 3.8) is 0 Å². The van der Waals surface area contributed by atoms with E-state index in [-0.39, 0.29) is 86.3 Å². The van der Waals surface area contributed by atoms with Gasteiger partial charge in [0.2, 0.25) is 35.4 Å². The van der Waals surface area contributed by atoms with Gasteiger partial charge in [-0.25, -0.2) is 0 Å². The molecule has 2 saturated heterocycles. The highest BCUT2D eigenvalue weighted by Crippen LogP contribution is 2.34. The molecule has 3 aromatic carbocycles. The maximum Gasteiger partial charge on any atom is 0.246 e. The summed E-state index contributed by atoms with van der Waals surface area (Å²) >= 11 is 0. The first-order valence-electron chi connectivity index (χ1n) is 25.6. The van der Waals surface area contributed by atoms with E-state index in [0.717, 1.165) is 11.1 Å². The summed E-state index contributed by atoms with van der Waals surface area (Å²) in [4.78, 5) is 115. The number of amides is 6. The third-order valence-electron chi connectivity index (χ3n) is 14.2. The van der Waals surface area contributed by atoms with Crippen molar-refractivity contribution in [2.75, 3.05) is 40.4 Å². The first-order valence-corrected chi connectivity index (χ1v) is 25.6. The second-order valence-electron chi connectivity index (χ2n) is 22.0. The summed E-state index contributed by atoms with van der Waals surface area (Å²) in [5.41, 5.74) is 0.587. The van der Waals surface area contributed by atoms with Crippen molar-refractivity contribution in [1.29, 1.82) is 0 Å². The van der Waals surface area contributed by atoms with Crippen LogP contribution in [-0.4, -0.2) is 144 Å². The summed E-state index contributed by atoms with van der Waals surface area (Å²) in [5.74, 6) is -4.59. The second kappa shape index (κ2) is 28.6. The van der Waals surface area contributed by atoms with Crippen LogP contribution in [0.25, 0.3) is 0 Å². The van der Waals surface area contributed by atoms with Crippen LogP contribution in [0.3, 0.4) is 0 Å². The monoisotopic (exact) mass is 1090 g/mol. The summed E-state index contributed by atoms with van der Waals surface area (Å²) in [5, 5.41) is 36.7. The Morgan fingerprint density at radius 2 is 0.882 bits per heavy atom. The first-order chi connectivity index (χ1) is 34.9. The van der Waals surface area contributed by atoms with Crippen molar-refractivity contribution in [2.45, 2.75) is 129 Å². The second-order valence-corrected chi connectivity index (χ2v) is 22.0. The van der Waals surface area contributed by atoms with Crippen LogP contribution in [0.4, 0.5) is 0 Å². The summed E-state index contributed by atoms with van der Waals surface area (Å²) < 4.78 is 0. The lowest BCUT2D eigenvalue weighted by atomic mass is 9.85. The predicted molar refractivity (Wildman–Crippen MR) is 295 cm³/mol. The van der Waals surface area contributed by atoms with Gasteiger partial charge < -0.3 is 51.9 Å². The highest BCUT2D eigenvalue weighted by atomic mass is 35.5. The largest absolute Gasteiger partial charge is 0.394 e. The van der Waals surface area contributed by atoms with Crippen LogP contribution in [-0.2, 0) is 28.8 Å². The number of aliphatic hydroxyl groups excluding tert-OH is 2. The van der Waals surface area contributed by atoms with Gasteiger partial charge in [0, 0.05) is 37.1 Å². The minimum Gasteiger partial charge on any atom is -0.394 e. The predicted octanol–water partition coefficient (Wildman–Crippen LogP) is 4.09. The van der Waals surface area contributed by atoms with Crippen LogP contribution in [0, 0.1) is 22.7 Å². The minimum absolute atomic E-state index is 0. The molecule has 5 rings (SSSR count). The molecule has 418 valence electrons. The Balaban J connectivity index is 0.00000760. The molecule has 0 aliphatic carbocycles. The van der Waals surface area contributed by atoms with Crippen LogP contribution >= 0.6 is 24.8 Å². The molecule has 0 radical (unpaired) electrons. The van der Waals surface area contributed by atoms with Gasteiger partial charge in [0.15, 0.2) is 11.6 Å². The maximum absolute atomic E-state index is 14.6. The normalized spacial score (nSPS) is 19.8. The number of likely N-dealkylation sites (tertiary alicyclic amines) is 2. The number of hydrogen-bond acceptors (Lipinski definition) is 12. The van der Waals surface area contributed by atoms with E-state index in [1.807, 2.05) is 74.5 Å². The number of halogens is 2. The molecule has 18 nitrogen and oxygen atoms in total. The van der Waals surface area contributed by atoms with Crippen molar-refractivity contribution in [2.24, 2.45) is 22.7 Å². The number of benzene rings is 3. The van der Waals surface area contributed by atoms with Gasteiger partial charge >= 0.3 is 0 Å². The number of nitrogens with zero attached hydrogens (tertiary/aromatic N) is 2. The fraction of sp³-hybridized carbons (Fsp3) is 0.536. The molecule has 2 aliphatic rings. The minimum atomic E-state index is -1.09. The zero-order valence-electron chi connectivity index (χ0n) is 45.4. The Hall–Kier alpha value is -5.76. The van der Waals surface area contributed by atoms with Gasteiger partial charge in [-0.2, -0.15) is 0 Å². The zero-order chi connectivity index (χ0) is 54.7. The zero-order valence-corrected chi connectivity index (χ0v) is 47.0. The molecule has 0 unspecified atom stereocenters. The van der Waals surface area contributed by atoms with Crippen LogP contribution in [0.15, 0.2) is 84.9 Å². The fourth-order valence-corrected chi connectivity index (χ4v) is 9.75. The molecule has 76 heavy (non-hydrogen) atoms. The molecule has 0 spiro atoms. The topological polar surface area (TPSA) is 256 Å². The number of ketones is 2. The van der Waals surface area contributed by atoms with E-state index in [1.54, 1.807) is 59.7 Å². The Morgan fingerprint density at radius 1 is 0.539 bits per heavy atom. The van der Waals surface area contributed by atoms with Crippen molar-refractivity contribution in [1.82, 2.24) is 41.7 Å². The maximum atomic E-state index is 14.6. The number of aliphatic hydroxyl groups is 2. The Morgan fingerprint density at radius 3 is 1.18 bits per heavy atom. The van der Waals surface area contributed by atoms with Gasteiger partial charge in [0.25, 0.3) is 0 Å². The van der Waals surface area contributed by atoms with Gasteiger partial charge in [-0.1, -0.05) is 120 Å². The molecule has 0 aromatic heterocycles. The lowest BCUT2D eigenvalue weighted by Gasteiger charge is -2.36. The molecule has 8 N–H and O–H groups in total. The van der Waals surface area contributed by atoms with E-state index in [0.29, 0.717) is 0 Å². The van der Waals surface area contributed by atoms with E-state index in [4.69, 9.17) is 0 Å². The third-order valence-corrected chi connectivity index (χ3v) is 14.2. The number of rotatable bonds is 22. The number of nitrogens with one attached hydrogen (secondary N) is 6. The number of carbonyl (C=O) groups excluding carboxylic acids is 8. The van der Waals surface area contributed by atoms with Crippen molar-refractivity contribution in [3.8, 4) is 0 Å². The van der Waals surface area contributed by atoms with Crippen LogP contribution in [0.1, 0.15) is 125 Å². The quantitative estimate of drug-likeness (QED) is 0.0663. The smallest absolute Gasteiger partial charge is 0.246 e. The molecule has 0 bridgehead atoms. The van der Waals surface area contributed by atoms with Gasteiger partial charge in [-0.15, -0.1) is 24.8 Å². The average Bonchev–Trinajstić information content (AvgIpc) is 4.00. The van der Waals surface area contributed by atoms with Crippen LogP contribution in [0.5, 0.6) is 0 Å². The summed E-state index contributed by atoms with van der Waals surface area (Å²) in [6.07, 6.45) is 0.179. The lowest BCUT2D eigenvalue weighted by molar-refractivity contribution is -0.144. The third kappa shape index (κ3) is 16.6. The van der Waals surface area contributed by atoms with Crippen LogP contribution in [0.2, 0.25) is 0 Å². The lowest BCUT2D eigenvalue weighted by Crippen LogP contribution is -2.60. The molecule has 2 heterocycles. The molecular weight excluding hydrogens is 1020 g/mol. The highest BCUT2D eigenvalue weighted by molar-refractivity contribution is 6.02. The van der Waals surface area contributed by atoms with Crippen molar-refractivity contribution >= 4 is 71.8 Å². The highest BCUT2D eigenvalue weighted by Gasteiger charge is 2.48. The Bertz CT molecular complexity index is 2300. The molecule has 2 aliphatic heterocycles. The summed E-state index contributed by atoms with van der Waals surface area (Å²) in [7, 11) is 3.04. The van der Waals surface area contributed by atoms with E-state index in [1.165, 1.54) is 30.0 Å². The number of hydrogen-bond donors (Lipinski definition) is 8. The molecule has 3 aromatic rings. The average molecular weight is 1100 g/mol. The summed E-state index contributed by atoms with van der Waals surface area (Å²) in [6, 6.07) is 18.1. The molecule has 2 fully saturated rings. The van der Waals surface area contributed by atoms with Crippen molar-refractivity contribution in [3.05, 3.63) is 107 Å². The Kier molecular flexibility index (Phi) is 24.3. The molecule has 20 heteroatoms. The first kappa shape index (κ1) is 64.5. The fourth-order valence-electron chi connectivity index (χ4n) is 9.75. The van der Waals surface area contributed by atoms with Crippen LogP contribution < -0.4 is 31.9 Å². The molecular formula is C56H80Cl2N8O10. The van der Waals surface area contributed by atoms with Gasteiger partial charge in [-0.05, 0) is 80.6 Å². The number of Topliss-reactive ketones (excluding diaryl/α,β-unsaturated/α-hetero) is 2. The molecule has 0 saturated carbocycles. The summed E-state index contributed by atoms with van der Waals surface area (Å²) in [6.45, 7) is 13.5. The molecule has 6 amide bonds. The van der Waals surface area contributed by atoms with E-state index >= 15 is 0 Å². The van der Waals surface area contributed by atoms with E-state index in [9.17, 15) is 48.6 Å². The van der Waals surface area contributed by atoms with Crippen molar-refractivity contribution < 1.29 is 48.6 Å². The van der Waals surface area contributed by atoms with Gasteiger partial charge in [0.05, 0.1) is 25.3 Å². The SMILES string of the molecule is CN[C@@H](CO)C(=O)N[C@H](C(=O)N1C[C@@H](CC(=O)c2cccc(C(=O)C[C@H]3C[C@@H](C(=O)N[C@H](C)c4ccccc4)N(C(=O)[C@@H](NC(=O)[C@H](CO)NC)C(C)(C)C)C3)c2)C[C@H]1C(=O)N[C@H](C)c1ccccc1)C(C)(C)C.Cl.Cl.